The predicted molar refractivity (Wildman–Crippen MR) is 119 cm³/mol. The summed E-state index contributed by atoms with van der Waals surface area (Å²) in [4.78, 5) is 59.1. The number of anilines is 1. The van der Waals surface area contributed by atoms with Gasteiger partial charge in [0.05, 0.1) is 12.1 Å². The van der Waals surface area contributed by atoms with Crippen LogP contribution in [0.3, 0.4) is 0 Å². The summed E-state index contributed by atoms with van der Waals surface area (Å²) >= 11 is 0.945. The van der Waals surface area contributed by atoms with Crippen LogP contribution in [0.2, 0.25) is 0 Å². The molecule has 3 amide bonds. The van der Waals surface area contributed by atoms with Gasteiger partial charge in [-0.2, -0.15) is 8.42 Å². The first kappa shape index (κ1) is 26.3. The van der Waals surface area contributed by atoms with E-state index in [1.807, 2.05) is 0 Å². The molecule has 35 heavy (non-hydrogen) atoms. The van der Waals surface area contributed by atoms with Crippen LogP contribution >= 0.6 is 11.3 Å². The van der Waals surface area contributed by atoms with Crippen molar-refractivity contribution >= 4 is 56.2 Å². The highest BCUT2D eigenvalue weighted by Crippen LogP contribution is 2.26. The van der Waals surface area contributed by atoms with E-state index in [-0.39, 0.29) is 28.2 Å². The molecule has 1 aromatic heterocycles. The van der Waals surface area contributed by atoms with Crippen molar-refractivity contribution in [2.75, 3.05) is 18.8 Å². The molecule has 0 saturated carbocycles. The number of β-lactam (4-membered cyclic amide) rings is 1. The van der Waals surface area contributed by atoms with Crippen LogP contribution in [0.15, 0.2) is 10.5 Å². The number of nitrogens with two attached hydrogens (primary N) is 2. The van der Waals surface area contributed by atoms with E-state index in [2.05, 4.69) is 15.5 Å². The summed E-state index contributed by atoms with van der Waals surface area (Å²) in [5.41, 5.74) is 8.79. The van der Waals surface area contributed by atoms with E-state index >= 15 is 0 Å². The number of oxime groups is 1. The summed E-state index contributed by atoms with van der Waals surface area (Å²) in [6, 6.07) is -3.61. The molecule has 18 heteroatoms. The summed E-state index contributed by atoms with van der Waals surface area (Å²) in [5, 5.41) is 16.5. The number of hydrogen-bond donors (Lipinski definition) is 5. The number of hydrogen-bond acceptors (Lipinski definition) is 12. The fourth-order valence-electron chi connectivity index (χ4n) is 3.32. The van der Waals surface area contributed by atoms with Gasteiger partial charge in [-0.15, -0.1) is 11.3 Å². The first-order valence-corrected chi connectivity index (χ1v) is 12.3. The van der Waals surface area contributed by atoms with Gasteiger partial charge in [0.2, 0.25) is 11.5 Å². The molecule has 16 nitrogen and oxygen atoms in total. The normalized spacial score (nSPS) is 23.3. The Morgan fingerprint density at radius 1 is 1.37 bits per heavy atom. The average Bonchev–Trinajstić information content (AvgIpc) is 3.30. The van der Waals surface area contributed by atoms with E-state index in [0.29, 0.717) is 6.42 Å². The lowest BCUT2D eigenvalue weighted by molar-refractivity contribution is -0.161. The van der Waals surface area contributed by atoms with E-state index in [1.165, 1.54) is 24.1 Å². The van der Waals surface area contributed by atoms with Gasteiger partial charge < -0.3 is 31.6 Å². The van der Waals surface area contributed by atoms with Gasteiger partial charge in [0.25, 0.3) is 11.8 Å². The molecular weight excluding hydrogens is 510 g/mol. The molecule has 0 radical (unpaired) electrons. The zero-order valence-corrected chi connectivity index (χ0v) is 20.1. The largest absolute Gasteiger partial charge is 0.478 e. The highest BCUT2D eigenvalue weighted by molar-refractivity contribution is 7.84. The second kappa shape index (κ2) is 9.36. The lowest BCUT2D eigenvalue weighted by atomic mass is 9.97. The Kier molecular flexibility index (Phi) is 7.02. The molecule has 2 saturated heterocycles. The molecule has 0 bridgehead atoms. The second-order valence-electron chi connectivity index (χ2n) is 8.23. The number of likely N-dealkylation sites (tertiary alicyclic amines) is 1. The van der Waals surface area contributed by atoms with Gasteiger partial charge in [-0.3, -0.25) is 18.9 Å². The van der Waals surface area contributed by atoms with Crippen molar-refractivity contribution in [1.29, 1.82) is 0 Å². The minimum absolute atomic E-state index is 0.0528. The Labute approximate surface area is 202 Å². The van der Waals surface area contributed by atoms with Crippen LogP contribution in [0.25, 0.3) is 0 Å². The van der Waals surface area contributed by atoms with Crippen LogP contribution in [0.4, 0.5) is 5.13 Å². The molecule has 2 aliphatic rings. The van der Waals surface area contributed by atoms with Crippen molar-refractivity contribution < 1.29 is 42.1 Å². The van der Waals surface area contributed by atoms with Gasteiger partial charge in [-0.1, -0.05) is 5.16 Å². The predicted octanol–water partition coefficient (Wildman–Crippen LogP) is -2.63. The standard InChI is InChI=1S/C17H23N7O9S2/c1-17(2,15(28)29)33-22-10(8-6-34-16(19)20-8)12(25)21-11-9(24(14(11)27)35(30,31)32)5-23-4-3-7(18)13(23)26/h6-7,9,11H,3-5,18H2,1-2H3,(H2,19,20)(H,21,25)(H,28,29)(H,30,31,32)/b22-10-. The molecule has 3 rings (SSSR count). The van der Waals surface area contributed by atoms with Crippen molar-refractivity contribution in [1.82, 2.24) is 19.5 Å². The number of aromatic nitrogens is 1. The number of nitrogens with zero attached hydrogens (tertiary/aromatic N) is 4. The molecule has 3 atom stereocenters. The smallest absolute Gasteiger partial charge is 0.362 e. The first-order valence-electron chi connectivity index (χ1n) is 10.0. The molecule has 2 aliphatic heterocycles. The number of carboxylic acids is 1. The van der Waals surface area contributed by atoms with Crippen molar-refractivity contribution in [3.8, 4) is 0 Å². The summed E-state index contributed by atoms with van der Waals surface area (Å²) in [7, 11) is -5.00. The third-order valence-electron chi connectivity index (χ3n) is 5.31. The fourth-order valence-corrected chi connectivity index (χ4v) is 4.74. The number of nitrogen functional groups attached to an aromatic ring is 1. The van der Waals surface area contributed by atoms with Crippen LogP contribution in [-0.4, -0.2) is 98.5 Å². The topological polar surface area (TPSA) is 248 Å². The van der Waals surface area contributed by atoms with Gasteiger partial charge >= 0.3 is 16.3 Å². The quantitative estimate of drug-likeness (QED) is 0.0946. The maximum atomic E-state index is 13.0. The minimum atomic E-state index is -5.00. The Bertz CT molecular complexity index is 1200. The molecular formula is C17H23N7O9S2. The van der Waals surface area contributed by atoms with E-state index in [0.717, 1.165) is 11.3 Å². The number of carbonyl (C=O) groups excluding carboxylic acids is 3. The monoisotopic (exact) mass is 533 g/mol. The molecule has 192 valence electrons. The molecule has 1 aromatic rings. The maximum Gasteiger partial charge on any atom is 0.362 e. The lowest BCUT2D eigenvalue weighted by Crippen LogP contribution is -2.74. The van der Waals surface area contributed by atoms with Crippen LogP contribution in [0.5, 0.6) is 0 Å². The summed E-state index contributed by atoms with van der Waals surface area (Å²) in [5.74, 6) is -4.09. The third-order valence-corrected chi connectivity index (χ3v) is 6.93. The van der Waals surface area contributed by atoms with Gasteiger partial charge in [0, 0.05) is 18.5 Å². The molecule has 0 aromatic carbocycles. The first-order chi connectivity index (χ1) is 16.1. The van der Waals surface area contributed by atoms with Crippen LogP contribution in [-0.2, 0) is 34.3 Å². The van der Waals surface area contributed by atoms with Crippen LogP contribution in [0.1, 0.15) is 26.0 Å². The second-order valence-corrected chi connectivity index (χ2v) is 10.4. The molecule has 3 heterocycles. The van der Waals surface area contributed by atoms with Gasteiger partial charge in [-0.25, -0.2) is 14.1 Å². The number of amides is 3. The zero-order valence-electron chi connectivity index (χ0n) is 18.4. The summed E-state index contributed by atoms with van der Waals surface area (Å²) in [6.07, 6.45) is 0.307. The summed E-state index contributed by atoms with van der Waals surface area (Å²) in [6.45, 7) is 2.21. The van der Waals surface area contributed by atoms with Gasteiger partial charge in [-0.05, 0) is 20.3 Å². The number of nitrogens with one attached hydrogen (secondary N) is 1. The Hall–Kier alpha value is -3.35. The maximum absolute atomic E-state index is 13.0. The van der Waals surface area contributed by atoms with E-state index in [1.54, 1.807) is 0 Å². The number of carboxylic acid groups (broad SMARTS) is 1. The number of aliphatic carboxylic acids is 1. The Morgan fingerprint density at radius 2 is 2.03 bits per heavy atom. The van der Waals surface area contributed by atoms with Crippen LogP contribution in [0, 0.1) is 0 Å². The van der Waals surface area contributed by atoms with Crippen molar-refractivity contribution in [3.05, 3.63) is 11.1 Å². The molecule has 7 N–H and O–H groups in total. The van der Waals surface area contributed by atoms with E-state index in [4.69, 9.17) is 16.3 Å². The third kappa shape index (κ3) is 5.34. The van der Waals surface area contributed by atoms with Gasteiger partial charge in [0.1, 0.15) is 11.7 Å². The number of thiazole rings is 1. The zero-order chi connectivity index (χ0) is 26.3. The highest BCUT2D eigenvalue weighted by Gasteiger charge is 2.55. The van der Waals surface area contributed by atoms with Crippen molar-refractivity contribution in [3.63, 3.8) is 0 Å². The Morgan fingerprint density at radius 3 is 2.51 bits per heavy atom. The minimum Gasteiger partial charge on any atom is -0.478 e. The van der Waals surface area contributed by atoms with Crippen LogP contribution < -0.4 is 16.8 Å². The molecule has 0 aliphatic carbocycles. The lowest BCUT2D eigenvalue weighted by Gasteiger charge is -2.45. The summed E-state index contributed by atoms with van der Waals surface area (Å²) < 4.78 is 33.0. The number of rotatable bonds is 9. The van der Waals surface area contributed by atoms with E-state index in [9.17, 15) is 37.3 Å². The fraction of sp³-hybridized carbons (Fsp3) is 0.529. The molecule has 0 spiro atoms. The Balaban J connectivity index is 1.87. The van der Waals surface area contributed by atoms with Crippen molar-refractivity contribution in [2.45, 2.75) is 44.0 Å². The highest BCUT2D eigenvalue weighted by atomic mass is 32.2. The SMILES string of the molecule is CC(C)(O/N=C(\C(=O)NC1C(=O)N(S(=O)(=O)O)C1CN1CCC(N)C1=O)c1csc(N)n1)C(=O)O. The molecule has 3 unspecified atom stereocenters. The van der Waals surface area contributed by atoms with Gasteiger partial charge in [0.15, 0.2) is 10.8 Å². The van der Waals surface area contributed by atoms with E-state index < -0.39 is 63.4 Å². The van der Waals surface area contributed by atoms with Crippen molar-refractivity contribution in [2.24, 2.45) is 10.9 Å². The number of carbonyl (C=O) groups is 4. The molecule has 2 fully saturated rings. The average molecular weight is 534 g/mol.